The summed E-state index contributed by atoms with van der Waals surface area (Å²) >= 11 is 0. The van der Waals surface area contributed by atoms with Gasteiger partial charge in [0.1, 0.15) is 0 Å². The van der Waals surface area contributed by atoms with E-state index >= 15 is 0 Å². The highest BCUT2D eigenvalue weighted by Crippen LogP contribution is 2.23. The molecule has 2 aromatic rings. The maximum atomic E-state index is 12.5. The smallest absolute Gasteiger partial charge is 0.257 e. The molecule has 0 aliphatic carbocycles. The second kappa shape index (κ2) is 7.61. The van der Waals surface area contributed by atoms with Gasteiger partial charge in [0.2, 0.25) is 5.95 Å². The Hall–Kier alpha value is -2.47. The molecule has 6 heteroatoms. The molecule has 0 bridgehead atoms. The maximum Gasteiger partial charge on any atom is 0.257 e. The van der Waals surface area contributed by atoms with Gasteiger partial charge in [0.15, 0.2) is 0 Å². The lowest BCUT2D eigenvalue weighted by Gasteiger charge is -2.32. The number of hydrogen-bond acceptors (Lipinski definition) is 5. The number of aromatic nitrogens is 2. The van der Waals surface area contributed by atoms with Crippen LogP contribution in [0.4, 0.5) is 11.6 Å². The lowest BCUT2D eigenvalue weighted by molar-refractivity contribution is 0.0663. The van der Waals surface area contributed by atoms with Crippen molar-refractivity contribution < 1.29 is 4.79 Å². The number of aryl methyl sites for hydroxylation is 2. The summed E-state index contributed by atoms with van der Waals surface area (Å²) in [5.41, 5.74) is 3.96. The molecule has 132 valence electrons. The molecule has 2 heterocycles. The van der Waals surface area contributed by atoms with Crippen molar-refractivity contribution in [3.8, 4) is 0 Å². The molecule has 0 saturated carbocycles. The first-order chi connectivity index (χ1) is 12.1. The van der Waals surface area contributed by atoms with E-state index in [9.17, 15) is 4.79 Å². The van der Waals surface area contributed by atoms with Gasteiger partial charge in [-0.05, 0) is 31.5 Å². The molecule has 1 fully saturated rings. The monoisotopic (exact) mass is 339 g/mol. The van der Waals surface area contributed by atoms with Crippen LogP contribution in [0.1, 0.15) is 28.4 Å². The van der Waals surface area contributed by atoms with Gasteiger partial charge >= 0.3 is 0 Å². The first kappa shape index (κ1) is 17.4. The number of amides is 1. The van der Waals surface area contributed by atoms with E-state index in [-0.39, 0.29) is 5.91 Å². The van der Waals surface area contributed by atoms with E-state index in [1.807, 2.05) is 4.90 Å². The van der Waals surface area contributed by atoms with E-state index < -0.39 is 0 Å². The van der Waals surface area contributed by atoms with E-state index in [2.05, 4.69) is 59.3 Å². The van der Waals surface area contributed by atoms with Crippen LogP contribution in [0, 0.1) is 6.92 Å². The molecule has 6 nitrogen and oxygen atoms in total. The van der Waals surface area contributed by atoms with Gasteiger partial charge in [-0.1, -0.05) is 25.1 Å². The largest absolute Gasteiger partial charge is 0.336 e. The number of nitrogens with one attached hydrogen (secondary N) is 1. The molecule has 1 aromatic carbocycles. The Kier molecular flexibility index (Phi) is 5.28. The fourth-order valence-corrected chi connectivity index (χ4v) is 3.01. The van der Waals surface area contributed by atoms with Crippen LogP contribution in [0.2, 0.25) is 0 Å². The van der Waals surface area contributed by atoms with E-state index in [0.717, 1.165) is 43.9 Å². The van der Waals surface area contributed by atoms with Crippen LogP contribution in [-0.4, -0.2) is 58.9 Å². The molecular weight excluding hydrogens is 314 g/mol. The average Bonchev–Trinajstić information content (AvgIpc) is 2.64. The number of likely N-dealkylation sites (N-methyl/N-ethyl adjacent to an activating group) is 1. The number of para-hydroxylation sites is 1. The minimum atomic E-state index is 0.00443. The Morgan fingerprint density at radius 3 is 2.48 bits per heavy atom. The number of carbonyl (C=O) groups excluding carboxylic acids is 1. The third-order valence-corrected chi connectivity index (χ3v) is 4.67. The number of hydrogen-bond donors (Lipinski definition) is 1. The topological polar surface area (TPSA) is 61.4 Å². The van der Waals surface area contributed by atoms with E-state index in [1.54, 1.807) is 12.4 Å². The molecule has 1 aromatic heterocycles. The molecule has 25 heavy (non-hydrogen) atoms. The van der Waals surface area contributed by atoms with Crippen molar-refractivity contribution in [1.82, 2.24) is 19.8 Å². The minimum Gasteiger partial charge on any atom is -0.336 e. The van der Waals surface area contributed by atoms with Crippen LogP contribution in [0.15, 0.2) is 30.6 Å². The number of piperazine rings is 1. The number of benzene rings is 1. The minimum absolute atomic E-state index is 0.00443. The standard InChI is InChI=1S/C19H25N5O/c1-4-15-7-5-6-14(2)17(15)22-19-20-12-16(13-21-19)18(25)24-10-8-23(3)9-11-24/h5-7,12-13H,4,8-11H2,1-3H3,(H,20,21,22). The van der Waals surface area contributed by atoms with Crippen LogP contribution in [0.5, 0.6) is 0 Å². The molecule has 0 unspecified atom stereocenters. The number of rotatable bonds is 4. The van der Waals surface area contributed by atoms with Crippen molar-refractivity contribution in [2.45, 2.75) is 20.3 Å². The Morgan fingerprint density at radius 2 is 1.84 bits per heavy atom. The van der Waals surface area contributed by atoms with Gasteiger partial charge in [-0.3, -0.25) is 4.79 Å². The Morgan fingerprint density at radius 1 is 1.16 bits per heavy atom. The normalized spacial score (nSPS) is 15.2. The first-order valence-electron chi connectivity index (χ1n) is 8.74. The highest BCUT2D eigenvalue weighted by molar-refractivity contribution is 5.93. The predicted molar refractivity (Wildman–Crippen MR) is 99.3 cm³/mol. The zero-order chi connectivity index (χ0) is 17.8. The van der Waals surface area contributed by atoms with Crippen molar-refractivity contribution in [2.75, 3.05) is 38.5 Å². The highest BCUT2D eigenvalue weighted by Gasteiger charge is 2.21. The summed E-state index contributed by atoms with van der Waals surface area (Å²) < 4.78 is 0. The van der Waals surface area contributed by atoms with Crippen LogP contribution in [0.3, 0.4) is 0 Å². The van der Waals surface area contributed by atoms with E-state index in [4.69, 9.17) is 0 Å². The zero-order valence-electron chi connectivity index (χ0n) is 15.1. The van der Waals surface area contributed by atoms with Gasteiger partial charge in [0, 0.05) is 44.3 Å². The molecule has 1 N–H and O–H groups in total. The van der Waals surface area contributed by atoms with E-state index in [1.165, 1.54) is 5.56 Å². The Bertz CT molecular complexity index is 736. The zero-order valence-corrected chi connectivity index (χ0v) is 15.1. The molecule has 0 radical (unpaired) electrons. The third kappa shape index (κ3) is 3.96. The van der Waals surface area contributed by atoms with Crippen LogP contribution in [0.25, 0.3) is 0 Å². The molecule has 0 spiro atoms. The summed E-state index contributed by atoms with van der Waals surface area (Å²) in [6.45, 7) is 7.49. The quantitative estimate of drug-likeness (QED) is 0.927. The van der Waals surface area contributed by atoms with Crippen LogP contribution >= 0.6 is 0 Å². The van der Waals surface area contributed by atoms with Gasteiger partial charge in [-0.15, -0.1) is 0 Å². The summed E-state index contributed by atoms with van der Waals surface area (Å²) in [6, 6.07) is 6.21. The maximum absolute atomic E-state index is 12.5. The van der Waals surface area contributed by atoms with Crippen molar-refractivity contribution >= 4 is 17.5 Å². The van der Waals surface area contributed by atoms with E-state index in [0.29, 0.717) is 11.5 Å². The van der Waals surface area contributed by atoms with Crippen molar-refractivity contribution in [2.24, 2.45) is 0 Å². The molecule has 0 atom stereocenters. The second-order valence-corrected chi connectivity index (χ2v) is 6.48. The molecule has 1 aliphatic heterocycles. The summed E-state index contributed by atoms with van der Waals surface area (Å²) in [7, 11) is 2.07. The van der Waals surface area contributed by atoms with Gasteiger partial charge in [0.25, 0.3) is 5.91 Å². The van der Waals surface area contributed by atoms with Crippen molar-refractivity contribution in [3.63, 3.8) is 0 Å². The van der Waals surface area contributed by atoms with Gasteiger partial charge in [-0.2, -0.15) is 0 Å². The summed E-state index contributed by atoms with van der Waals surface area (Å²) in [4.78, 5) is 25.3. The SMILES string of the molecule is CCc1cccc(C)c1Nc1ncc(C(=O)N2CCN(C)CC2)cn1. The third-order valence-electron chi connectivity index (χ3n) is 4.67. The predicted octanol–water partition coefficient (Wildman–Crippen LogP) is 2.48. The molecule has 1 aliphatic rings. The highest BCUT2D eigenvalue weighted by atomic mass is 16.2. The second-order valence-electron chi connectivity index (χ2n) is 6.48. The molecule has 1 amide bonds. The fourth-order valence-electron chi connectivity index (χ4n) is 3.01. The number of nitrogens with zero attached hydrogens (tertiary/aromatic N) is 4. The summed E-state index contributed by atoms with van der Waals surface area (Å²) in [5.74, 6) is 0.517. The van der Waals surface area contributed by atoms with Crippen LogP contribution in [-0.2, 0) is 6.42 Å². The number of anilines is 2. The van der Waals surface area contributed by atoms with Crippen molar-refractivity contribution in [3.05, 3.63) is 47.3 Å². The van der Waals surface area contributed by atoms with Gasteiger partial charge < -0.3 is 15.1 Å². The molecule has 1 saturated heterocycles. The Balaban J connectivity index is 1.72. The van der Waals surface area contributed by atoms with Crippen molar-refractivity contribution in [1.29, 1.82) is 0 Å². The Labute approximate surface area is 148 Å². The average molecular weight is 339 g/mol. The lowest BCUT2D eigenvalue weighted by Crippen LogP contribution is -2.47. The fraction of sp³-hybridized carbons (Fsp3) is 0.421. The lowest BCUT2D eigenvalue weighted by atomic mass is 10.1. The molecule has 3 rings (SSSR count). The van der Waals surface area contributed by atoms with Gasteiger partial charge in [0.05, 0.1) is 5.56 Å². The molecular formula is C19H25N5O. The van der Waals surface area contributed by atoms with Crippen LogP contribution < -0.4 is 5.32 Å². The summed E-state index contributed by atoms with van der Waals surface area (Å²) in [6.07, 6.45) is 4.16. The summed E-state index contributed by atoms with van der Waals surface area (Å²) in [5, 5.41) is 3.29. The van der Waals surface area contributed by atoms with Gasteiger partial charge in [-0.25, -0.2) is 9.97 Å². The first-order valence-corrected chi connectivity index (χ1v) is 8.74. The number of carbonyl (C=O) groups is 1.